The maximum Gasteiger partial charge on any atom is 0.407 e. The van der Waals surface area contributed by atoms with Crippen LogP contribution in [0.2, 0.25) is 0 Å². The van der Waals surface area contributed by atoms with Gasteiger partial charge in [-0.3, -0.25) is 5.43 Å². The molecule has 2 rings (SSSR count). The Morgan fingerprint density at radius 1 is 1.29 bits per heavy atom. The average Bonchev–Trinajstić information content (AvgIpc) is 2.62. The Bertz CT molecular complexity index is 810. The molecule has 0 radical (unpaired) electrons. The zero-order valence-corrected chi connectivity index (χ0v) is 16.1. The predicted octanol–water partition coefficient (Wildman–Crippen LogP) is 3.13. The molecular formula is C19H23FN6O2. The predicted molar refractivity (Wildman–Crippen MR) is 103 cm³/mol. The van der Waals surface area contributed by atoms with Crippen molar-refractivity contribution in [3.8, 4) is 12.1 Å². The fourth-order valence-electron chi connectivity index (χ4n) is 2.81. The zero-order chi connectivity index (χ0) is 20.7. The van der Waals surface area contributed by atoms with Crippen molar-refractivity contribution < 1.29 is 13.9 Å². The van der Waals surface area contributed by atoms with Gasteiger partial charge >= 0.3 is 6.09 Å². The lowest BCUT2D eigenvalue weighted by Gasteiger charge is -2.35. The summed E-state index contributed by atoms with van der Waals surface area (Å²) in [6.07, 6.45) is 0.883. The van der Waals surface area contributed by atoms with E-state index >= 15 is 0 Å². The van der Waals surface area contributed by atoms with Crippen LogP contribution in [0.1, 0.15) is 33.6 Å². The summed E-state index contributed by atoms with van der Waals surface area (Å²) in [5.41, 5.74) is 2.22. The highest BCUT2D eigenvalue weighted by Crippen LogP contribution is 2.31. The fraction of sp³-hybridized carbons (Fsp3) is 0.474. The molecule has 0 aliphatic carbocycles. The summed E-state index contributed by atoms with van der Waals surface area (Å²) in [4.78, 5) is 13.9. The molecule has 1 amide bonds. The summed E-state index contributed by atoms with van der Waals surface area (Å²) in [6, 6.07) is 7.80. The number of benzene rings is 1. The third-order valence-corrected chi connectivity index (χ3v) is 4.04. The normalized spacial score (nSPS) is 14.4. The Labute approximate surface area is 163 Å². The zero-order valence-electron chi connectivity index (χ0n) is 16.1. The molecule has 9 heteroatoms. The highest BCUT2D eigenvalue weighted by Gasteiger charge is 2.25. The number of rotatable bonds is 4. The van der Waals surface area contributed by atoms with Gasteiger partial charge in [0.2, 0.25) is 5.71 Å². The third kappa shape index (κ3) is 5.85. The van der Waals surface area contributed by atoms with Crippen LogP contribution >= 0.6 is 0 Å². The van der Waals surface area contributed by atoms with E-state index in [9.17, 15) is 9.18 Å². The maximum absolute atomic E-state index is 14.3. The number of nitrogens with zero attached hydrogens (tertiary/aromatic N) is 4. The molecular weight excluding hydrogens is 363 g/mol. The van der Waals surface area contributed by atoms with Crippen molar-refractivity contribution in [1.82, 2.24) is 5.32 Å². The molecule has 1 aromatic rings. The van der Waals surface area contributed by atoms with E-state index in [1.54, 1.807) is 45.0 Å². The van der Waals surface area contributed by atoms with Gasteiger partial charge < -0.3 is 15.0 Å². The molecule has 0 atom stereocenters. The number of hydrogen-bond acceptors (Lipinski definition) is 7. The third-order valence-electron chi connectivity index (χ3n) is 4.04. The van der Waals surface area contributed by atoms with E-state index in [4.69, 9.17) is 15.3 Å². The van der Waals surface area contributed by atoms with Crippen molar-refractivity contribution in [2.75, 3.05) is 23.4 Å². The minimum absolute atomic E-state index is 0.0298. The van der Waals surface area contributed by atoms with Gasteiger partial charge in [0.05, 0.1) is 5.69 Å². The highest BCUT2D eigenvalue weighted by atomic mass is 19.1. The number of carbonyl (C=O) groups excluding carboxylic acids is 1. The number of halogens is 1. The van der Waals surface area contributed by atoms with Crippen LogP contribution in [0.25, 0.3) is 0 Å². The number of hydrogen-bond donors (Lipinski definition) is 2. The first-order chi connectivity index (χ1) is 13.2. The van der Waals surface area contributed by atoms with Gasteiger partial charge in [-0.25, -0.2) is 9.18 Å². The minimum Gasteiger partial charge on any atom is -0.444 e. The van der Waals surface area contributed by atoms with Crippen molar-refractivity contribution in [3.63, 3.8) is 0 Å². The number of amides is 1. The first-order valence-corrected chi connectivity index (χ1v) is 8.90. The first-order valence-electron chi connectivity index (χ1n) is 8.90. The second kappa shape index (κ2) is 9.05. The molecule has 0 saturated carbocycles. The second-order valence-corrected chi connectivity index (χ2v) is 7.34. The van der Waals surface area contributed by atoms with Gasteiger partial charge in [-0.2, -0.15) is 15.6 Å². The van der Waals surface area contributed by atoms with Crippen LogP contribution in [0.4, 0.5) is 20.6 Å². The molecule has 1 aromatic carbocycles. The topological polar surface area (TPSA) is 114 Å². The van der Waals surface area contributed by atoms with Crippen molar-refractivity contribution in [3.05, 3.63) is 24.0 Å². The molecule has 1 saturated heterocycles. The molecule has 28 heavy (non-hydrogen) atoms. The van der Waals surface area contributed by atoms with Crippen molar-refractivity contribution >= 4 is 23.2 Å². The average molecular weight is 386 g/mol. The van der Waals surface area contributed by atoms with Crippen LogP contribution in [0.5, 0.6) is 0 Å². The molecule has 0 unspecified atom stereocenters. The molecule has 0 spiro atoms. The van der Waals surface area contributed by atoms with E-state index in [1.165, 1.54) is 6.07 Å². The summed E-state index contributed by atoms with van der Waals surface area (Å²) >= 11 is 0. The minimum atomic E-state index is -0.556. The Hall–Kier alpha value is -3.33. The summed E-state index contributed by atoms with van der Waals surface area (Å²) in [5, 5.41) is 24.0. The monoisotopic (exact) mass is 386 g/mol. The highest BCUT2D eigenvalue weighted by molar-refractivity contribution is 6.10. The molecule has 148 valence electrons. The largest absolute Gasteiger partial charge is 0.444 e. The van der Waals surface area contributed by atoms with Crippen LogP contribution in [-0.4, -0.2) is 36.5 Å². The van der Waals surface area contributed by atoms with Crippen molar-refractivity contribution in [1.29, 1.82) is 10.5 Å². The molecule has 0 bridgehead atoms. The lowest BCUT2D eigenvalue weighted by molar-refractivity contribution is 0.0497. The van der Waals surface area contributed by atoms with E-state index in [-0.39, 0.29) is 11.7 Å². The number of nitrogens with one attached hydrogen (secondary N) is 2. The van der Waals surface area contributed by atoms with Crippen LogP contribution in [-0.2, 0) is 4.74 Å². The molecule has 1 fully saturated rings. The quantitative estimate of drug-likeness (QED) is 0.607. The molecule has 8 nitrogen and oxygen atoms in total. The van der Waals surface area contributed by atoms with Gasteiger partial charge in [0.1, 0.15) is 29.2 Å². The van der Waals surface area contributed by atoms with Crippen LogP contribution in [0, 0.1) is 28.5 Å². The summed E-state index contributed by atoms with van der Waals surface area (Å²) in [7, 11) is 0. The first kappa shape index (κ1) is 21.0. The van der Waals surface area contributed by atoms with E-state index in [1.807, 2.05) is 4.90 Å². The van der Waals surface area contributed by atoms with Crippen LogP contribution in [0.15, 0.2) is 23.3 Å². The fourth-order valence-corrected chi connectivity index (χ4v) is 2.81. The van der Waals surface area contributed by atoms with Gasteiger partial charge in [-0.15, -0.1) is 0 Å². The van der Waals surface area contributed by atoms with Gasteiger partial charge in [0, 0.05) is 19.1 Å². The maximum atomic E-state index is 14.3. The Morgan fingerprint density at radius 3 is 2.50 bits per heavy atom. The summed E-state index contributed by atoms with van der Waals surface area (Å²) in [5.74, 6) is -0.537. The second-order valence-electron chi connectivity index (χ2n) is 7.34. The lowest BCUT2D eigenvalue weighted by Crippen LogP contribution is -2.46. The van der Waals surface area contributed by atoms with Crippen LogP contribution in [0.3, 0.4) is 0 Å². The Morgan fingerprint density at radius 2 is 1.93 bits per heavy atom. The molecule has 1 aliphatic rings. The number of hydrazone groups is 1. The van der Waals surface area contributed by atoms with Crippen LogP contribution < -0.4 is 15.6 Å². The standard InChI is InChI=1S/C19H23FN6O2/c1-19(2,3)28-18(27)23-13-7-9-26(10-8-13)16-6-4-5-15(20)17(16)25-24-14(11-21)12-22/h4-6,13,25H,7-10H2,1-3H3,(H,23,27). The summed E-state index contributed by atoms with van der Waals surface area (Å²) in [6.45, 7) is 6.60. The van der Waals surface area contributed by atoms with E-state index < -0.39 is 23.2 Å². The van der Waals surface area contributed by atoms with Gasteiger partial charge in [0.25, 0.3) is 0 Å². The van der Waals surface area contributed by atoms with E-state index in [0.717, 1.165) is 0 Å². The number of piperidine rings is 1. The van der Waals surface area contributed by atoms with Gasteiger partial charge in [-0.1, -0.05) is 6.07 Å². The van der Waals surface area contributed by atoms with E-state index in [2.05, 4.69) is 15.8 Å². The number of nitriles is 2. The number of ether oxygens (including phenoxy) is 1. The molecule has 1 aliphatic heterocycles. The number of anilines is 2. The van der Waals surface area contributed by atoms with E-state index in [0.29, 0.717) is 31.6 Å². The van der Waals surface area contributed by atoms with Crippen molar-refractivity contribution in [2.45, 2.75) is 45.3 Å². The number of para-hydroxylation sites is 1. The SMILES string of the molecule is CC(C)(C)OC(=O)NC1CCN(c2cccc(F)c2NN=C(C#N)C#N)CC1. The Kier molecular flexibility index (Phi) is 6.78. The van der Waals surface area contributed by atoms with Gasteiger partial charge in [0.15, 0.2) is 0 Å². The van der Waals surface area contributed by atoms with Gasteiger partial charge in [-0.05, 0) is 45.7 Å². The number of alkyl carbamates (subject to hydrolysis) is 1. The lowest BCUT2D eigenvalue weighted by atomic mass is 10.0. The number of carbonyl (C=O) groups is 1. The molecule has 2 N–H and O–H groups in total. The molecule has 0 aromatic heterocycles. The smallest absolute Gasteiger partial charge is 0.407 e. The molecule has 1 heterocycles. The Balaban J connectivity index is 2.04. The van der Waals surface area contributed by atoms with Crippen molar-refractivity contribution in [2.24, 2.45) is 5.10 Å². The summed E-state index contributed by atoms with van der Waals surface area (Å²) < 4.78 is 19.5.